The van der Waals surface area contributed by atoms with Crippen LogP contribution in [-0.2, 0) is 29.6 Å². The number of hydrogen-bond acceptors (Lipinski definition) is 6. The number of carbonyl (C=O) groups is 2. The van der Waals surface area contributed by atoms with Gasteiger partial charge in [-0.25, -0.2) is 16.8 Å². The van der Waals surface area contributed by atoms with Crippen LogP contribution >= 0.6 is 23.2 Å². The summed E-state index contributed by atoms with van der Waals surface area (Å²) in [5, 5.41) is 5.86. The largest absolute Gasteiger partial charge is 0.353 e. The van der Waals surface area contributed by atoms with E-state index in [1.807, 2.05) is 0 Å². The van der Waals surface area contributed by atoms with E-state index in [2.05, 4.69) is 10.6 Å². The molecule has 0 aliphatic carbocycles. The highest BCUT2D eigenvalue weighted by Crippen LogP contribution is 2.21. The first-order valence-electron chi connectivity index (χ1n) is 9.77. The van der Waals surface area contributed by atoms with Gasteiger partial charge in [-0.3, -0.25) is 18.2 Å². The van der Waals surface area contributed by atoms with Gasteiger partial charge in [0.1, 0.15) is 13.1 Å². The van der Waals surface area contributed by atoms with Gasteiger partial charge >= 0.3 is 0 Å². The molecule has 34 heavy (non-hydrogen) atoms. The zero-order chi connectivity index (χ0) is 25.5. The highest BCUT2D eigenvalue weighted by atomic mass is 35.5. The van der Waals surface area contributed by atoms with Crippen LogP contribution < -0.4 is 19.2 Å². The second kappa shape index (κ2) is 11.7. The zero-order valence-corrected chi connectivity index (χ0v) is 21.5. The highest BCUT2D eigenvalue weighted by Gasteiger charge is 2.22. The van der Waals surface area contributed by atoms with E-state index >= 15 is 0 Å². The highest BCUT2D eigenvalue weighted by molar-refractivity contribution is 7.92. The van der Waals surface area contributed by atoms with Crippen molar-refractivity contribution in [3.05, 3.63) is 58.6 Å². The minimum Gasteiger partial charge on any atom is -0.353 e. The Balaban J connectivity index is 1.88. The van der Waals surface area contributed by atoms with Crippen LogP contribution in [0.15, 0.2) is 48.5 Å². The first-order valence-corrected chi connectivity index (χ1v) is 14.2. The van der Waals surface area contributed by atoms with E-state index in [9.17, 15) is 26.4 Å². The SMILES string of the molecule is CS(=O)(=O)N(CC(=O)NCCNC(=O)CN(c1ccc(Cl)cc1)S(C)(=O)=O)c1ccc(Cl)cc1. The fraction of sp³-hybridized carbons (Fsp3) is 0.300. The van der Waals surface area contributed by atoms with Crippen molar-refractivity contribution in [3.8, 4) is 0 Å². The average molecular weight is 551 g/mol. The van der Waals surface area contributed by atoms with Crippen LogP contribution in [0, 0.1) is 0 Å². The number of nitrogens with zero attached hydrogens (tertiary/aromatic N) is 2. The Morgan fingerprint density at radius 3 is 1.24 bits per heavy atom. The molecule has 0 atom stereocenters. The zero-order valence-electron chi connectivity index (χ0n) is 18.4. The molecule has 0 spiro atoms. The number of sulfonamides is 2. The third-order valence-corrected chi connectivity index (χ3v) is 7.16. The van der Waals surface area contributed by atoms with E-state index in [1.54, 1.807) is 0 Å². The second-order valence-electron chi connectivity index (χ2n) is 7.19. The van der Waals surface area contributed by atoms with Crippen LogP contribution in [0.25, 0.3) is 0 Å². The Morgan fingerprint density at radius 1 is 0.676 bits per heavy atom. The Kier molecular flexibility index (Phi) is 9.56. The molecule has 0 unspecified atom stereocenters. The summed E-state index contributed by atoms with van der Waals surface area (Å²) >= 11 is 11.6. The molecule has 0 fully saturated rings. The monoisotopic (exact) mass is 550 g/mol. The molecular weight excluding hydrogens is 527 g/mol. The van der Waals surface area contributed by atoms with Gasteiger partial charge in [-0.15, -0.1) is 0 Å². The lowest BCUT2D eigenvalue weighted by Crippen LogP contribution is -2.44. The molecule has 0 aliphatic rings. The van der Waals surface area contributed by atoms with E-state index in [0.29, 0.717) is 10.0 Å². The van der Waals surface area contributed by atoms with Crippen LogP contribution in [0.3, 0.4) is 0 Å². The maximum Gasteiger partial charge on any atom is 0.240 e. The maximum absolute atomic E-state index is 12.3. The fourth-order valence-electron chi connectivity index (χ4n) is 2.79. The van der Waals surface area contributed by atoms with Crippen molar-refractivity contribution in [2.24, 2.45) is 0 Å². The van der Waals surface area contributed by atoms with Crippen LogP contribution in [0.5, 0.6) is 0 Å². The number of rotatable bonds is 11. The molecule has 10 nitrogen and oxygen atoms in total. The average Bonchev–Trinajstić information content (AvgIpc) is 2.73. The summed E-state index contributed by atoms with van der Waals surface area (Å²) in [5.41, 5.74) is 0.553. The molecule has 0 aliphatic heterocycles. The van der Waals surface area contributed by atoms with Gasteiger partial charge in [-0.1, -0.05) is 23.2 Å². The van der Waals surface area contributed by atoms with Crippen molar-refractivity contribution in [3.63, 3.8) is 0 Å². The van der Waals surface area contributed by atoms with Crippen molar-refractivity contribution >= 4 is 66.4 Å². The molecule has 2 amide bonds. The Bertz CT molecular complexity index is 1120. The fourth-order valence-corrected chi connectivity index (χ4v) is 4.76. The van der Waals surface area contributed by atoms with E-state index in [-0.39, 0.29) is 24.5 Å². The molecular formula is C20H24Cl2N4O6S2. The first-order chi connectivity index (χ1) is 15.8. The summed E-state index contributed by atoms with van der Waals surface area (Å²) in [6.45, 7) is -0.926. The maximum atomic E-state index is 12.3. The lowest BCUT2D eigenvalue weighted by atomic mass is 10.3. The quantitative estimate of drug-likeness (QED) is 0.407. The van der Waals surface area contributed by atoms with Crippen molar-refractivity contribution in [1.82, 2.24) is 10.6 Å². The van der Waals surface area contributed by atoms with Gasteiger partial charge in [0.2, 0.25) is 31.9 Å². The molecule has 0 heterocycles. The molecule has 2 aromatic rings. The van der Waals surface area contributed by atoms with E-state index in [1.165, 1.54) is 48.5 Å². The van der Waals surface area contributed by atoms with Crippen LogP contribution in [0.2, 0.25) is 10.0 Å². The van der Waals surface area contributed by atoms with E-state index < -0.39 is 45.0 Å². The molecule has 14 heteroatoms. The summed E-state index contributed by atoms with van der Waals surface area (Å²) in [7, 11) is -7.47. The first kappa shape index (κ1) is 27.7. The van der Waals surface area contributed by atoms with Crippen LogP contribution in [0.4, 0.5) is 11.4 Å². The van der Waals surface area contributed by atoms with Crippen molar-refractivity contribution in [2.45, 2.75) is 0 Å². The lowest BCUT2D eigenvalue weighted by Gasteiger charge is -2.22. The number of carbonyl (C=O) groups excluding carboxylic acids is 2. The normalized spacial score (nSPS) is 11.5. The number of benzene rings is 2. The third kappa shape index (κ3) is 8.67. The third-order valence-electron chi connectivity index (χ3n) is 4.37. The van der Waals surface area contributed by atoms with Gasteiger partial charge in [0.05, 0.1) is 23.9 Å². The standard InChI is InChI=1S/C20H24Cl2N4O6S2/c1-33(29,30)25(17-7-3-15(21)4-8-17)13-19(27)23-11-12-24-20(28)14-26(34(2,31)32)18-9-5-16(22)6-10-18/h3-10H,11-14H2,1-2H3,(H,23,27)(H,24,28). The molecule has 0 radical (unpaired) electrons. The molecule has 0 bridgehead atoms. The van der Waals surface area contributed by atoms with Crippen molar-refractivity contribution in [1.29, 1.82) is 0 Å². The summed E-state index contributed by atoms with van der Waals surface area (Å²) in [4.78, 5) is 24.5. The van der Waals surface area contributed by atoms with E-state index in [0.717, 1.165) is 21.1 Å². The summed E-state index contributed by atoms with van der Waals surface area (Å²) in [6.07, 6.45) is 1.95. The number of nitrogens with one attached hydrogen (secondary N) is 2. The van der Waals surface area contributed by atoms with E-state index in [4.69, 9.17) is 23.2 Å². The topological polar surface area (TPSA) is 133 Å². The summed E-state index contributed by atoms with van der Waals surface area (Å²) < 4.78 is 50.2. The number of halogens is 2. The predicted molar refractivity (Wildman–Crippen MR) is 133 cm³/mol. The minimum absolute atomic E-state index is 0.00259. The molecule has 0 aromatic heterocycles. The molecule has 2 rings (SSSR count). The smallest absolute Gasteiger partial charge is 0.240 e. The molecule has 0 saturated carbocycles. The van der Waals surface area contributed by atoms with Gasteiger partial charge in [0.25, 0.3) is 0 Å². The van der Waals surface area contributed by atoms with Gasteiger partial charge in [0.15, 0.2) is 0 Å². The second-order valence-corrected chi connectivity index (χ2v) is 11.9. The number of amides is 2. The van der Waals surface area contributed by atoms with Crippen LogP contribution in [-0.4, -0.2) is 67.3 Å². The Labute approximate surface area is 208 Å². The number of anilines is 2. The molecule has 2 aromatic carbocycles. The van der Waals surface area contributed by atoms with Gasteiger partial charge < -0.3 is 10.6 Å². The number of hydrogen-bond donors (Lipinski definition) is 2. The molecule has 186 valence electrons. The van der Waals surface area contributed by atoms with Crippen molar-refractivity contribution < 1.29 is 26.4 Å². The predicted octanol–water partition coefficient (Wildman–Crippen LogP) is 1.46. The van der Waals surface area contributed by atoms with Crippen molar-refractivity contribution in [2.75, 3.05) is 47.3 Å². The van der Waals surface area contributed by atoms with Crippen LogP contribution in [0.1, 0.15) is 0 Å². The minimum atomic E-state index is -3.74. The Morgan fingerprint density at radius 2 is 0.971 bits per heavy atom. The van der Waals surface area contributed by atoms with Gasteiger partial charge in [0, 0.05) is 23.1 Å². The lowest BCUT2D eigenvalue weighted by molar-refractivity contribution is -0.121. The van der Waals surface area contributed by atoms with Gasteiger partial charge in [-0.2, -0.15) is 0 Å². The molecule has 2 N–H and O–H groups in total. The van der Waals surface area contributed by atoms with Gasteiger partial charge in [-0.05, 0) is 48.5 Å². The summed E-state index contributed by atoms with van der Waals surface area (Å²) in [5.74, 6) is -1.18. The summed E-state index contributed by atoms with van der Waals surface area (Å²) in [6, 6.07) is 11.9. The Hall–Kier alpha value is -2.54. The molecule has 0 saturated heterocycles.